The SMILES string of the molecule is CCCCOc1nc(N)c2n[nH]c(Cc3ccc(CN4C[C@@H](C)N[C@@H](C)C4)cc3)c2n1. The van der Waals surface area contributed by atoms with Gasteiger partial charge in [0.15, 0.2) is 11.3 Å². The Bertz CT molecular complexity index is 991. The number of anilines is 1. The first-order chi connectivity index (χ1) is 15.0. The Kier molecular flexibility index (Phi) is 6.67. The molecule has 1 aliphatic rings. The van der Waals surface area contributed by atoms with Crippen LogP contribution in [0.5, 0.6) is 6.01 Å². The van der Waals surface area contributed by atoms with Crippen molar-refractivity contribution in [3.8, 4) is 6.01 Å². The second-order valence-electron chi connectivity index (χ2n) is 8.65. The van der Waals surface area contributed by atoms with Crippen molar-refractivity contribution in [2.24, 2.45) is 0 Å². The van der Waals surface area contributed by atoms with E-state index in [-0.39, 0.29) is 0 Å². The number of piperazine rings is 1. The van der Waals surface area contributed by atoms with Crippen LogP contribution in [0.2, 0.25) is 0 Å². The van der Waals surface area contributed by atoms with Crippen molar-refractivity contribution in [2.45, 2.75) is 58.7 Å². The molecule has 4 rings (SSSR count). The number of fused-ring (bicyclic) bond motifs is 1. The lowest BCUT2D eigenvalue weighted by molar-refractivity contribution is 0.166. The van der Waals surface area contributed by atoms with Crippen LogP contribution in [0.3, 0.4) is 0 Å². The molecule has 4 N–H and O–H groups in total. The Hall–Kier alpha value is -2.71. The van der Waals surface area contributed by atoms with Crippen LogP contribution in [-0.4, -0.2) is 56.8 Å². The summed E-state index contributed by atoms with van der Waals surface area (Å²) in [6, 6.07) is 10.2. The summed E-state index contributed by atoms with van der Waals surface area (Å²) in [5.74, 6) is 0.342. The largest absolute Gasteiger partial charge is 0.463 e. The van der Waals surface area contributed by atoms with Crippen LogP contribution in [-0.2, 0) is 13.0 Å². The van der Waals surface area contributed by atoms with Crippen LogP contribution in [0.1, 0.15) is 50.4 Å². The predicted molar refractivity (Wildman–Crippen MR) is 123 cm³/mol. The molecular formula is C23H33N7O. The number of nitrogens with one attached hydrogen (secondary N) is 2. The van der Waals surface area contributed by atoms with Gasteiger partial charge >= 0.3 is 6.01 Å². The lowest BCUT2D eigenvalue weighted by Gasteiger charge is -2.36. The van der Waals surface area contributed by atoms with E-state index in [1.165, 1.54) is 11.1 Å². The highest BCUT2D eigenvalue weighted by molar-refractivity contribution is 5.86. The molecule has 166 valence electrons. The third-order valence-corrected chi connectivity index (χ3v) is 5.65. The molecule has 1 fully saturated rings. The predicted octanol–water partition coefficient (Wildman–Crippen LogP) is 2.89. The number of aromatic amines is 1. The van der Waals surface area contributed by atoms with E-state index in [4.69, 9.17) is 10.5 Å². The van der Waals surface area contributed by atoms with Gasteiger partial charge in [0.25, 0.3) is 0 Å². The van der Waals surface area contributed by atoms with Crippen LogP contribution in [0.15, 0.2) is 24.3 Å². The maximum Gasteiger partial charge on any atom is 0.319 e. The van der Waals surface area contributed by atoms with Crippen molar-refractivity contribution in [3.05, 3.63) is 41.1 Å². The number of unbranched alkanes of at least 4 members (excludes halogenated alkanes) is 1. The number of rotatable bonds is 8. The average molecular weight is 424 g/mol. The maximum absolute atomic E-state index is 6.07. The van der Waals surface area contributed by atoms with Crippen molar-refractivity contribution >= 4 is 16.9 Å². The fourth-order valence-corrected chi connectivity index (χ4v) is 4.24. The van der Waals surface area contributed by atoms with Gasteiger partial charge in [0, 0.05) is 38.1 Å². The van der Waals surface area contributed by atoms with E-state index >= 15 is 0 Å². The molecule has 1 aliphatic heterocycles. The number of hydrogen-bond acceptors (Lipinski definition) is 7. The number of ether oxygens (including phenoxy) is 1. The summed E-state index contributed by atoms with van der Waals surface area (Å²) in [4.78, 5) is 11.3. The number of nitrogen functional groups attached to an aromatic ring is 1. The fourth-order valence-electron chi connectivity index (χ4n) is 4.24. The van der Waals surface area contributed by atoms with Gasteiger partial charge in [-0.1, -0.05) is 37.6 Å². The Morgan fingerprint density at radius 3 is 2.48 bits per heavy atom. The Balaban J connectivity index is 1.45. The smallest absolute Gasteiger partial charge is 0.319 e. The maximum atomic E-state index is 6.07. The first-order valence-corrected chi connectivity index (χ1v) is 11.2. The number of H-pyrrole nitrogens is 1. The quantitative estimate of drug-likeness (QED) is 0.479. The van der Waals surface area contributed by atoms with E-state index in [0.717, 1.165) is 43.7 Å². The van der Waals surface area contributed by atoms with Gasteiger partial charge in [-0.05, 0) is 31.4 Å². The summed E-state index contributed by atoms with van der Waals surface area (Å²) < 4.78 is 5.66. The highest BCUT2D eigenvalue weighted by atomic mass is 16.5. The van der Waals surface area contributed by atoms with Gasteiger partial charge in [-0.15, -0.1) is 0 Å². The van der Waals surface area contributed by atoms with Crippen molar-refractivity contribution in [1.29, 1.82) is 0 Å². The average Bonchev–Trinajstić information content (AvgIpc) is 3.12. The molecule has 1 saturated heterocycles. The minimum Gasteiger partial charge on any atom is -0.463 e. The van der Waals surface area contributed by atoms with E-state index in [2.05, 4.69) is 75.4 Å². The van der Waals surface area contributed by atoms with Crippen LogP contribution < -0.4 is 15.8 Å². The lowest BCUT2D eigenvalue weighted by Crippen LogP contribution is -2.53. The number of nitrogens with zero attached hydrogens (tertiary/aromatic N) is 4. The van der Waals surface area contributed by atoms with E-state index < -0.39 is 0 Å². The Morgan fingerprint density at radius 2 is 1.77 bits per heavy atom. The van der Waals surface area contributed by atoms with Gasteiger partial charge in [-0.2, -0.15) is 15.1 Å². The molecule has 31 heavy (non-hydrogen) atoms. The van der Waals surface area contributed by atoms with Gasteiger partial charge in [-0.25, -0.2) is 0 Å². The van der Waals surface area contributed by atoms with Gasteiger partial charge in [0.2, 0.25) is 0 Å². The molecule has 0 aliphatic carbocycles. The summed E-state index contributed by atoms with van der Waals surface area (Å²) in [5.41, 5.74) is 10.8. The third-order valence-electron chi connectivity index (χ3n) is 5.65. The molecule has 0 bridgehead atoms. The monoisotopic (exact) mass is 423 g/mol. The summed E-state index contributed by atoms with van der Waals surface area (Å²) in [5, 5.41) is 11.0. The molecule has 8 nitrogen and oxygen atoms in total. The lowest BCUT2D eigenvalue weighted by atomic mass is 10.1. The molecule has 1 aromatic carbocycles. The van der Waals surface area contributed by atoms with Crippen LogP contribution >= 0.6 is 0 Å². The van der Waals surface area contributed by atoms with Crippen molar-refractivity contribution in [3.63, 3.8) is 0 Å². The van der Waals surface area contributed by atoms with E-state index in [9.17, 15) is 0 Å². The standard InChI is InChI=1S/C23H33N7O/c1-4-5-10-31-23-26-20-19(28-29-21(20)22(24)27-23)11-17-6-8-18(9-7-17)14-30-12-15(2)25-16(3)13-30/h6-9,15-16,25H,4-5,10-14H2,1-3H3,(H,28,29)(H2,24,26,27)/t15-,16+. The second kappa shape index (κ2) is 9.62. The summed E-state index contributed by atoms with van der Waals surface area (Å²) in [7, 11) is 0. The zero-order valence-corrected chi connectivity index (χ0v) is 18.7. The van der Waals surface area contributed by atoms with Crippen molar-refractivity contribution in [2.75, 3.05) is 25.4 Å². The molecule has 0 radical (unpaired) electrons. The zero-order valence-electron chi connectivity index (χ0n) is 18.7. The molecular weight excluding hydrogens is 390 g/mol. The third kappa shape index (κ3) is 5.32. The van der Waals surface area contributed by atoms with Crippen LogP contribution in [0, 0.1) is 0 Å². The van der Waals surface area contributed by atoms with Crippen molar-refractivity contribution < 1.29 is 4.74 Å². The number of hydrogen-bond donors (Lipinski definition) is 3. The van der Waals surface area contributed by atoms with Gasteiger partial charge in [0.1, 0.15) is 5.52 Å². The first kappa shape index (κ1) is 21.5. The summed E-state index contributed by atoms with van der Waals surface area (Å²) >= 11 is 0. The van der Waals surface area contributed by atoms with Crippen LogP contribution in [0.25, 0.3) is 11.0 Å². The van der Waals surface area contributed by atoms with Crippen LogP contribution in [0.4, 0.5) is 5.82 Å². The minimum absolute atomic E-state index is 0.316. The minimum atomic E-state index is 0.316. The molecule has 8 heteroatoms. The molecule has 2 atom stereocenters. The Morgan fingerprint density at radius 1 is 1.06 bits per heavy atom. The Labute approximate surface area is 183 Å². The molecule has 0 unspecified atom stereocenters. The zero-order chi connectivity index (χ0) is 21.8. The molecule has 0 amide bonds. The summed E-state index contributed by atoms with van der Waals surface area (Å²) in [6.07, 6.45) is 2.71. The van der Waals surface area contributed by atoms with E-state index in [1.54, 1.807) is 0 Å². The number of benzene rings is 1. The number of nitrogens with two attached hydrogens (primary N) is 1. The topological polar surface area (TPSA) is 105 Å². The molecule has 3 aromatic rings. The first-order valence-electron chi connectivity index (χ1n) is 11.2. The molecule has 0 spiro atoms. The molecule has 2 aromatic heterocycles. The van der Waals surface area contributed by atoms with Gasteiger partial charge < -0.3 is 15.8 Å². The summed E-state index contributed by atoms with van der Waals surface area (Å²) in [6.45, 7) is 10.3. The van der Waals surface area contributed by atoms with Crippen molar-refractivity contribution in [1.82, 2.24) is 30.4 Å². The van der Waals surface area contributed by atoms with E-state index in [1.807, 2.05) is 0 Å². The second-order valence-corrected chi connectivity index (χ2v) is 8.65. The highest BCUT2D eigenvalue weighted by Gasteiger charge is 2.20. The fraction of sp³-hybridized carbons (Fsp3) is 0.522. The molecule has 3 heterocycles. The highest BCUT2D eigenvalue weighted by Crippen LogP contribution is 2.23. The van der Waals surface area contributed by atoms with Gasteiger partial charge in [0.05, 0.1) is 12.3 Å². The normalized spacial score (nSPS) is 19.7. The number of aromatic nitrogens is 4. The van der Waals surface area contributed by atoms with E-state index in [0.29, 0.717) is 42.5 Å². The molecule has 0 saturated carbocycles. The van der Waals surface area contributed by atoms with Gasteiger partial charge in [-0.3, -0.25) is 10.00 Å².